The van der Waals surface area contributed by atoms with Crippen LogP contribution in [0.25, 0.3) is 11.5 Å². The van der Waals surface area contributed by atoms with Gasteiger partial charge in [0, 0.05) is 10.1 Å². The number of benzene rings is 3. The third-order valence-corrected chi connectivity index (χ3v) is 5.77. The zero-order valence-corrected chi connectivity index (χ0v) is 20.8. The van der Waals surface area contributed by atoms with Gasteiger partial charge in [0.1, 0.15) is 17.3 Å². The van der Waals surface area contributed by atoms with Crippen molar-refractivity contribution in [3.63, 3.8) is 0 Å². The first-order valence-corrected chi connectivity index (χ1v) is 11.5. The topological polar surface area (TPSA) is 81.4 Å². The van der Waals surface area contributed by atoms with E-state index in [4.69, 9.17) is 13.9 Å². The van der Waals surface area contributed by atoms with Gasteiger partial charge >= 0.3 is 6.01 Å². The number of nitrogens with one attached hydrogen (secondary N) is 2. The van der Waals surface area contributed by atoms with E-state index in [1.165, 1.54) is 18.2 Å². The Morgan fingerprint density at radius 1 is 0.943 bits per heavy atom. The predicted molar refractivity (Wildman–Crippen MR) is 134 cm³/mol. The van der Waals surface area contributed by atoms with E-state index in [-0.39, 0.29) is 28.8 Å². The van der Waals surface area contributed by atoms with Crippen molar-refractivity contribution in [1.82, 2.24) is 10.2 Å². The maximum atomic E-state index is 14.7. The molecule has 4 rings (SSSR count). The molecule has 0 aliphatic heterocycles. The normalized spacial score (nSPS) is 10.8. The van der Waals surface area contributed by atoms with Crippen LogP contribution in [0.2, 0.25) is 0 Å². The lowest BCUT2D eigenvalue weighted by Crippen LogP contribution is -2.06. The Kier molecular flexibility index (Phi) is 7.63. The van der Waals surface area contributed by atoms with Crippen LogP contribution >= 0.6 is 22.6 Å². The van der Waals surface area contributed by atoms with Gasteiger partial charge in [0.25, 0.3) is 5.89 Å². The molecule has 0 atom stereocenters. The van der Waals surface area contributed by atoms with Crippen LogP contribution in [0, 0.1) is 21.0 Å². The van der Waals surface area contributed by atoms with Crippen molar-refractivity contribution in [3.8, 4) is 23.0 Å². The van der Waals surface area contributed by atoms with Gasteiger partial charge in [0.2, 0.25) is 0 Å². The molecule has 182 valence electrons. The standard InChI is InChI=1S/C24H20F3IN4O3/c1-33-15-4-8-20(34-2)13(11-15)9-10-29-24-32-31-23(35-24)16-5-6-17(25)21(27)22(16)30-19-7-3-14(28)12-18(19)26/h3-8,11-12,30H,9-10H2,1-2H3,(H,29,32). The minimum absolute atomic E-state index is 0.0266. The van der Waals surface area contributed by atoms with Crippen LogP contribution in [-0.2, 0) is 6.42 Å². The molecule has 11 heteroatoms. The van der Waals surface area contributed by atoms with E-state index in [9.17, 15) is 13.2 Å². The number of nitrogens with zero attached hydrogens (tertiary/aromatic N) is 2. The highest BCUT2D eigenvalue weighted by Gasteiger charge is 2.20. The Bertz CT molecular complexity index is 1350. The van der Waals surface area contributed by atoms with E-state index in [1.807, 2.05) is 34.7 Å². The lowest BCUT2D eigenvalue weighted by Gasteiger charge is -2.12. The van der Waals surface area contributed by atoms with Crippen LogP contribution in [0.4, 0.5) is 30.6 Å². The van der Waals surface area contributed by atoms with Gasteiger partial charge in [-0.25, -0.2) is 13.2 Å². The molecule has 0 radical (unpaired) electrons. The quantitative estimate of drug-likeness (QED) is 0.224. The molecule has 0 fully saturated rings. The number of hydrogen-bond donors (Lipinski definition) is 2. The maximum Gasteiger partial charge on any atom is 0.315 e. The number of aromatic nitrogens is 2. The largest absolute Gasteiger partial charge is 0.497 e. The number of hydrogen-bond acceptors (Lipinski definition) is 7. The predicted octanol–water partition coefficient (Wildman–Crippen LogP) is 6.17. The summed E-state index contributed by atoms with van der Waals surface area (Å²) in [5, 5.41) is 13.5. The zero-order valence-electron chi connectivity index (χ0n) is 18.7. The molecule has 0 saturated carbocycles. The Morgan fingerprint density at radius 3 is 2.51 bits per heavy atom. The third-order valence-electron chi connectivity index (χ3n) is 5.10. The van der Waals surface area contributed by atoms with E-state index in [1.54, 1.807) is 26.4 Å². The maximum absolute atomic E-state index is 14.7. The molecule has 0 saturated heterocycles. The van der Waals surface area contributed by atoms with Crippen LogP contribution in [-0.4, -0.2) is 31.0 Å². The molecule has 0 unspecified atom stereocenters. The summed E-state index contributed by atoms with van der Waals surface area (Å²) in [6.07, 6.45) is 0.558. The average Bonchev–Trinajstić information content (AvgIpc) is 3.32. The lowest BCUT2D eigenvalue weighted by molar-refractivity contribution is 0.399. The fourth-order valence-electron chi connectivity index (χ4n) is 3.36. The van der Waals surface area contributed by atoms with Crippen molar-refractivity contribution in [3.05, 3.63) is 75.1 Å². The summed E-state index contributed by atoms with van der Waals surface area (Å²) in [4.78, 5) is 0. The second-order valence-corrected chi connectivity index (χ2v) is 8.55. The fraction of sp³-hybridized carbons (Fsp3) is 0.167. The first-order chi connectivity index (χ1) is 16.9. The first-order valence-electron chi connectivity index (χ1n) is 10.4. The second-order valence-electron chi connectivity index (χ2n) is 7.30. The molecule has 2 N–H and O–H groups in total. The summed E-state index contributed by atoms with van der Waals surface area (Å²) < 4.78 is 59.9. The van der Waals surface area contributed by atoms with E-state index in [0.29, 0.717) is 28.0 Å². The van der Waals surface area contributed by atoms with Gasteiger partial charge in [0.05, 0.1) is 31.2 Å². The van der Waals surface area contributed by atoms with Crippen LogP contribution in [0.1, 0.15) is 5.56 Å². The Morgan fingerprint density at radius 2 is 1.77 bits per heavy atom. The minimum Gasteiger partial charge on any atom is -0.497 e. The van der Waals surface area contributed by atoms with Crippen molar-refractivity contribution in [2.45, 2.75) is 6.42 Å². The van der Waals surface area contributed by atoms with Gasteiger partial charge < -0.3 is 24.5 Å². The highest BCUT2D eigenvalue weighted by molar-refractivity contribution is 14.1. The van der Waals surface area contributed by atoms with Crippen LogP contribution in [0.15, 0.2) is 52.9 Å². The minimum atomic E-state index is -1.20. The summed E-state index contributed by atoms with van der Waals surface area (Å²) >= 11 is 1.95. The van der Waals surface area contributed by atoms with E-state index in [0.717, 1.165) is 11.6 Å². The molecule has 1 heterocycles. The van der Waals surface area contributed by atoms with Gasteiger partial charge in [-0.2, -0.15) is 0 Å². The fourth-order valence-corrected chi connectivity index (χ4v) is 3.81. The summed E-state index contributed by atoms with van der Waals surface area (Å²) in [5.41, 5.74) is 0.644. The van der Waals surface area contributed by atoms with Gasteiger partial charge in [-0.1, -0.05) is 5.10 Å². The SMILES string of the molecule is COc1ccc(OC)c(CCNc2nnc(-c3ccc(F)c(F)c3Nc3ccc(I)cc3F)o2)c1. The zero-order chi connectivity index (χ0) is 24.9. The second kappa shape index (κ2) is 10.8. The van der Waals surface area contributed by atoms with Gasteiger partial charge in [-0.05, 0) is 83.1 Å². The van der Waals surface area contributed by atoms with E-state index >= 15 is 0 Å². The van der Waals surface area contributed by atoms with Gasteiger partial charge in [-0.15, -0.1) is 5.10 Å². The number of ether oxygens (including phenoxy) is 2. The van der Waals surface area contributed by atoms with Crippen LogP contribution in [0.3, 0.4) is 0 Å². The number of methoxy groups -OCH3 is 2. The first kappa shape index (κ1) is 24.6. The number of halogens is 4. The van der Waals surface area contributed by atoms with Crippen molar-refractivity contribution in [2.75, 3.05) is 31.4 Å². The molecule has 3 aromatic carbocycles. The molecule has 7 nitrogen and oxygen atoms in total. The van der Waals surface area contributed by atoms with E-state index < -0.39 is 17.5 Å². The molecular formula is C24H20F3IN4O3. The highest BCUT2D eigenvalue weighted by atomic mass is 127. The Labute approximate surface area is 212 Å². The van der Waals surface area contributed by atoms with Crippen LogP contribution in [0.5, 0.6) is 11.5 Å². The lowest BCUT2D eigenvalue weighted by atomic mass is 10.1. The average molecular weight is 596 g/mol. The molecule has 0 aliphatic carbocycles. The Hall–Kier alpha value is -3.48. The van der Waals surface area contributed by atoms with Crippen molar-refractivity contribution in [1.29, 1.82) is 0 Å². The monoisotopic (exact) mass is 596 g/mol. The highest BCUT2D eigenvalue weighted by Crippen LogP contribution is 2.35. The summed E-state index contributed by atoms with van der Waals surface area (Å²) in [5.74, 6) is -1.58. The van der Waals surface area contributed by atoms with Gasteiger partial charge in [0.15, 0.2) is 11.6 Å². The van der Waals surface area contributed by atoms with Crippen LogP contribution < -0.4 is 20.1 Å². The van der Waals surface area contributed by atoms with E-state index in [2.05, 4.69) is 20.8 Å². The molecule has 4 aromatic rings. The summed E-state index contributed by atoms with van der Waals surface area (Å²) in [6.45, 7) is 0.419. The summed E-state index contributed by atoms with van der Waals surface area (Å²) in [6, 6.07) is 12.1. The molecule has 0 spiro atoms. The van der Waals surface area contributed by atoms with Crippen molar-refractivity contribution < 1.29 is 27.1 Å². The molecule has 35 heavy (non-hydrogen) atoms. The number of anilines is 3. The molecule has 0 bridgehead atoms. The third kappa shape index (κ3) is 5.61. The van der Waals surface area contributed by atoms with Crippen molar-refractivity contribution in [2.24, 2.45) is 0 Å². The summed E-state index contributed by atoms with van der Waals surface area (Å²) in [7, 11) is 3.16. The smallest absolute Gasteiger partial charge is 0.315 e. The van der Waals surface area contributed by atoms with Crippen molar-refractivity contribution >= 4 is 40.0 Å². The Balaban J connectivity index is 1.53. The molecule has 0 amide bonds. The molecular weight excluding hydrogens is 576 g/mol. The van der Waals surface area contributed by atoms with Gasteiger partial charge in [-0.3, -0.25) is 0 Å². The number of rotatable bonds is 9. The molecule has 1 aromatic heterocycles. The molecule has 0 aliphatic rings.